The Labute approximate surface area is 205 Å². The molecule has 192 valence electrons. The number of carbonyl (C=O) groups is 2. The second kappa shape index (κ2) is 12.2. The molecule has 7 nitrogen and oxygen atoms in total. The van der Waals surface area contributed by atoms with E-state index in [4.69, 9.17) is 0 Å². The van der Waals surface area contributed by atoms with Gasteiger partial charge in [0.05, 0.1) is 12.1 Å². The Morgan fingerprint density at radius 3 is 2.49 bits per heavy atom. The number of hydrogen-bond acceptors (Lipinski definition) is 4. The van der Waals surface area contributed by atoms with Gasteiger partial charge >= 0.3 is 0 Å². The summed E-state index contributed by atoms with van der Waals surface area (Å²) in [5, 5.41) is 17.6. The molecular formula is C26H36F2N4O3. The maximum Gasteiger partial charge on any atom is 0.272 e. The molecular weight excluding hydrogens is 454 g/mol. The fourth-order valence-corrected chi connectivity index (χ4v) is 4.78. The molecule has 0 radical (unpaired) electrons. The zero-order chi connectivity index (χ0) is 25.5. The molecule has 1 aliphatic rings. The summed E-state index contributed by atoms with van der Waals surface area (Å²) >= 11 is 0. The van der Waals surface area contributed by atoms with Gasteiger partial charge in [-0.2, -0.15) is 5.10 Å². The number of rotatable bonds is 10. The van der Waals surface area contributed by atoms with Crippen LogP contribution in [0.15, 0.2) is 24.3 Å². The number of carbonyl (C=O) groups excluding carboxylic acids is 2. The molecule has 1 aromatic carbocycles. The van der Waals surface area contributed by atoms with Crippen LogP contribution in [0.1, 0.15) is 85.8 Å². The summed E-state index contributed by atoms with van der Waals surface area (Å²) in [4.78, 5) is 28.4. The average Bonchev–Trinajstić information content (AvgIpc) is 3.27. The maximum atomic E-state index is 13.6. The molecule has 1 aliphatic heterocycles. The van der Waals surface area contributed by atoms with E-state index >= 15 is 0 Å². The molecule has 2 N–H and O–H groups in total. The van der Waals surface area contributed by atoms with Gasteiger partial charge in [-0.25, -0.2) is 8.78 Å². The Bertz CT molecular complexity index is 1000. The van der Waals surface area contributed by atoms with Crippen molar-refractivity contribution >= 4 is 11.8 Å². The zero-order valence-corrected chi connectivity index (χ0v) is 20.8. The first kappa shape index (κ1) is 26.8. The summed E-state index contributed by atoms with van der Waals surface area (Å²) in [6, 6.07) is 4.04. The smallest absolute Gasteiger partial charge is 0.272 e. The minimum absolute atomic E-state index is 0.0438. The molecule has 0 saturated carbocycles. The number of aryl methyl sites for hydroxylation is 1. The van der Waals surface area contributed by atoms with Gasteiger partial charge in [-0.1, -0.05) is 20.3 Å². The number of aromatic nitrogens is 2. The molecule has 3 rings (SSSR count). The lowest BCUT2D eigenvalue weighted by Gasteiger charge is -2.35. The van der Waals surface area contributed by atoms with E-state index in [0.717, 1.165) is 38.2 Å². The SMILES string of the molecule is CCCC1CCCCN1C(=O)c1cc(C(=O)N[C@@H](Cc2cc(F)cc(F)c2)[C@H](O)CC)nn1CC. The van der Waals surface area contributed by atoms with Crippen molar-refractivity contribution in [2.75, 3.05) is 6.54 Å². The summed E-state index contributed by atoms with van der Waals surface area (Å²) in [5.74, 6) is -2.12. The number of aliphatic hydroxyl groups is 1. The first-order valence-electron chi connectivity index (χ1n) is 12.6. The molecule has 0 spiro atoms. The summed E-state index contributed by atoms with van der Waals surface area (Å²) in [6.45, 7) is 6.83. The Morgan fingerprint density at radius 2 is 1.86 bits per heavy atom. The van der Waals surface area contributed by atoms with Crippen molar-refractivity contribution in [3.8, 4) is 0 Å². The van der Waals surface area contributed by atoms with Crippen molar-refractivity contribution in [3.63, 3.8) is 0 Å². The third-order valence-electron chi connectivity index (χ3n) is 6.62. The van der Waals surface area contributed by atoms with E-state index in [1.807, 2.05) is 11.8 Å². The summed E-state index contributed by atoms with van der Waals surface area (Å²) < 4.78 is 28.8. The van der Waals surface area contributed by atoms with E-state index in [1.165, 1.54) is 22.9 Å². The van der Waals surface area contributed by atoms with Crippen LogP contribution in [0.3, 0.4) is 0 Å². The molecule has 1 saturated heterocycles. The van der Waals surface area contributed by atoms with Gasteiger partial charge in [-0.15, -0.1) is 0 Å². The zero-order valence-electron chi connectivity index (χ0n) is 20.8. The number of piperidine rings is 1. The van der Waals surface area contributed by atoms with Crippen LogP contribution in [0.4, 0.5) is 8.78 Å². The van der Waals surface area contributed by atoms with Crippen molar-refractivity contribution < 1.29 is 23.5 Å². The average molecular weight is 491 g/mol. The number of amides is 2. The molecule has 1 aromatic heterocycles. The van der Waals surface area contributed by atoms with Gasteiger partial charge in [0.15, 0.2) is 5.69 Å². The lowest BCUT2D eigenvalue weighted by molar-refractivity contribution is 0.0588. The van der Waals surface area contributed by atoms with Crippen molar-refractivity contribution in [1.29, 1.82) is 0 Å². The fourth-order valence-electron chi connectivity index (χ4n) is 4.78. The molecule has 35 heavy (non-hydrogen) atoms. The summed E-state index contributed by atoms with van der Waals surface area (Å²) in [6.07, 6.45) is 4.42. The van der Waals surface area contributed by atoms with Crippen molar-refractivity contribution in [3.05, 3.63) is 52.9 Å². The van der Waals surface area contributed by atoms with Crippen molar-refractivity contribution in [2.45, 2.75) is 90.4 Å². The third kappa shape index (κ3) is 6.66. The van der Waals surface area contributed by atoms with Crippen LogP contribution >= 0.6 is 0 Å². The maximum absolute atomic E-state index is 13.6. The molecule has 2 aromatic rings. The van der Waals surface area contributed by atoms with Crippen LogP contribution < -0.4 is 5.32 Å². The van der Waals surface area contributed by atoms with Gasteiger partial charge in [-0.3, -0.25) is 14.3 Å². The minimum Gasteiger partial charge on any atom is -0.391 e. The predicted molar refractivity (Wildman–Crippen MR) is 129 cm³/mol. The molecule has 1 fully saturated rings. The van der Waals surface area contributed by atoms with Gasteiger partial charge in [-0.05, 0) is 63.1 Å². The number of likely N-dealkylation sites (tertiary alicyclic amines) is 1. The fraction of sp³-hybridized carbons (Fsp3) is 0.577. The molecule has 2 heterocycles. The number of nitrogens with zero attached hydrogens (tertiary/aromatic N) is 3. The lowest BCUT2D eigenvalue weighted by atomic mass is 9.98. The van der Waals surface area contributed by atoms with E-state index < -0.39 is 29.7 Å². The molecule has 0 bridgehead atoms. The van der Waals surface area contributed by atoms with E-state index in [2.05, 4.69) is 17.3 Å². The molecule has 0 aliphatic carbocycles. The Hall–Kier alpha value is -2.81. The van der Waals surface area contributed by atoms with Crippen LogP contribution in [0.2, 0.25) is 0 Å². The molecule has 1 unspecified atom stereocenters. The van der Waals surface area contributed by atoms with Crippen molar-refractivity contribution in [1.82, 2.24) is 20.0 Å². The number of hydrogen-bond donors (Lipinski definition) is 2. The second-order valence-electron chi connectivity index (χ2n) is 9.20. The highest BCUT2D eigenvalue weighted by Crippen LogP contribution is 2.23. The van der Waals surface area contributed by atoms with Gasteiger partial charge in [0.1, 0.15) is 17.3 Å². The van der Waals surface area contributed by atoms with E-state index in [1.54, 1.807) is 6.92 Å². The number of nitrogens with one attached hydrogen (secondary N) is 1. The first-order chi connectivity index (χ1) is 16.8. The Kier molecular flexibility index (Phi) is 9.37. The monoisotopic (exact) mass is 490 g/mol. The third-order valence-corrected chi connectivity index (χ3v) is 6.62. The van der Waals surface area contributed by atoms with E-state index in [-0.39, 0.29) is 24.1 Å². The lowest BCUT2D eigenvalue weighted by Crippen LogP contribution is -2.45. The predicted octanol–water partition coefficient (Wildman–Crippen LogP) is 4.09. The highest BCUT2D eigenvalue weighted by molar-refractivity contribution is 5.98. The van der Waals surface area contributed by atoms with Crippen LogP contribution in [-0.4, -0.2) is 56.3 Å². The van der Waals surface area contributed by atoms with Gasteiger partial charge in [0, 0.05) is 31.3 Å². The highest BCUT2D eigenvalue weighted by atomic mass is 19.1. The van der Waals surface area contributed by atoms with Gasteiger partial charge < -0.3 is 15.3 Å². The standard InChI is InChI=1S/C26H36F2N4O3/c1-4-9-20-10-7-8-11-31(20)26(35)23-16-22(30-32(23)6-3)25(34)29-21(24(33)5-2)14-17-12-18(27)15-19(28)13-17/h12-13,15-16,20-21,24,33H,4-11,14H2,1-3H3,(H,29,34)/t20?,21-,24+/m0/s1. The summed E-state index contributed by atoms with van der Waals surface area (Å²) in [7, 11) is 0. The van der Waals surface area contributed by atoms with Crippen LogP contribution in [0.25, 0.3) is 0 Å². The largest absolute Gasteiger partial charge is 0.391 e. The Morgan fingerprint density at radius 1 is 1.14 bits per heavy atom. The number of halogens is 2. The van der Waals surface area contributed by atoms with Crippen LogP contribution in [0.5, 0.6) is 0 Å². The van der Waals surface area contributed by atoms with Crippen LogP contribution in [0, 0.1) is 11.6 Å². The number of benzene rings is 1. The van der Waals surface area contributed by atoms with Gasteiger partial charge in [0.25, 0.3) is 11.8 Å². The van der Waals surface area contributed by atoms with Gasteiger partial charge in [0.2, 0.25) is 0 Å². The minimum atomic E-state index is -0.928. The highest BCUT2D eigenvalue weighted by Gasteiger charge is 2.30. The molecule has 3 atom stereocenters. The summed E-state index contributed by atoms with van der Waals surface area (Å²) in [5.41, 5.74) is 0.751. The molecule has 9 heteroatoms. The first-order valence-corrected chi connectivity index (χ1v) is 12.6. The number of aliphatic hydroxyl groups excluding tert-OH is 1. The second-order valence-corrected chi connectivity index (χ2v) is 9.20. The van der Waals surface area contributed by atoms with E-state index in [9.17, 15) is 23.5 Å². The van der Waals surface area contributed by atoms with E-state index in [0.29, 0.717) is 30.8 Å². The molecule has 2 amide bonds. The quantitative estimate of drug-likeness (QED) is 0.525. The van der Waals surface area contributed by atoms with Crippen LogP contribution in [-0.2, 0) is 13.0 Å². The van der Waals surface area contributed by atoms with Crippen molar-refractivity contribution in [2.24, 2.45) is 0 Å². The topological polar surface area (TPSA) is 87.5 Å². The normalized spacial score (nSPS) is 17.8. The Balaban J connectivity index is 1.80.